The summed E-state index contributed by atoms with van der Waals surface area (Å²) < 4.78 is 15.0. The third-order valence-electron chi connectivity index (χ3n) is 20.1. The largest absolute Gasteiger partial charge is 0.466 e. The van der Waals surface area contributed by atoms with Gasteiger partial charge in [-0.15, -0.1) is 0 Å². The van der Waals surface area contributed by atoms with Crippen LogP contribution in [0.15, 0.2) is 154 Å². The summed E-state index contributed by atoms with van der Waals surface area (Å²) in [6.07, 6.45) is 4.63. The van der Waals surface area contributed by atoms with Gasteiger partial charge in [-0.3, -0.25) is 0 Å². The fourth-order valence-electron chi connectivity index (χ4n) is 15.2. The van der Waals surface area contributed by atoms with E-state index < -0.39 is 0 Å². The fraction of sp³-hybridized carbons (Fsp3) is 0.315. The third kappa shape index (κ3) is 6.54. The summed E-state index contributed by atoms with van der Waals surface area (Å²) in [5, 5.41) is 3.33. The van der Waals surface area contributed by atoms with Gasteiger partial charge in [-0.2, -0.15) is 0 Å². The number of benzene rings is 8. The van der Waals surface area contributed by atoms with E-state index in [1.54, 1.807) is 0 Å². The molecular formula is C73H71BN2O2. The molecule has 2 aromatic heterocycles. The Hall–Kier alpha value is -7.24. The molecule has 0 saturated carbocycles. The summed E-state index contributed by atoms with van der Waals surface area (Å²) in [6.45, 7) is 31.1. The molecule has 8 aromatic carbocycles. The van der Waals surface area contributed by atoms with Crippen LogP contribution in [0.3, 0.4) is 0 Å². The first kappa shape index (κ1) is 47.9. The monoisotopic (exact) mass is 1020 g/mol. The molecule has 5 heteroatoms. The number of para-hydroxylation sites is 1. The standard InChI is InChI=1S/C73H71BN2O2/c1-68(2,3)44-24-26-45(27-25-44)76-60-41-56-48(49-39-58-59(40-55(49)73(56,12)13)72(10,11)34-33-71(58,8)9)37-50(60)51-38-52-47-21-17-18-22-61(47)77-66(52)65-63(51)74(76)67-64(53-35-43(23-30-62(53)78-67)42-19-15-14-16-20-42)75(65)46-28-29-54-57(36-46)70(6,7)32-31-69(54,4)5/h14-30,35-41H,31-34H2,1-13H3. The lowest BCUT2D eigenvalue weighted by Gasteiger charge is -2.45. The van der Waals surface area contributed by atoms with Gasteiger partial charge in [-0.25, -0.2) is 0 Å². The molecule has 3 aliphatic carbocycles. The molecule has 10 aromatic rings. The van der Waals surface area contributed by atoms with Gasteiger partial charge in [-0.05, 0) is 192 Å². The van der Waals surface area contributed by atoms with Crippen LogP contribution in [0.5, 0.6) is 0 Å². The minimum Gasteiger partial charge on any atom is -0.466 e. The highest BCUT2D eigenvalue weighted by molar-refractivity contribution is 6.93. The van der Waals surface area contributed by atoms with E-state index in [-0.39, 0.29) is 39.3 Å². The summed E-state index contributed by atoms with van der Waals surface area (Å²) in [4.78, 5) is 5.22. The molecule has 0 saturated heterocycles. The Labute approximate surface area is 461 Å². The van der Waals surface area contributed by atoms with Crippen LogP contribution in [0.2, 0.25) is 0 Å². The van der Waals surface area contributed by atoms with Crippen molar-refractivity contribution in [3.05, 3.63) is 185 Å². The van der Waals surface area contributed by atoms with E-state index in [0.717, 1.165) is 79.7 Å². The molecule has 15 rings (SSSR count). The van der Waals surface area contributed by atoms with Crippen molar-refractivity contribution in [1.82, 2.24) is 0 Å². The van der Waals surface area contributed by atoms with Gasteiger partial charge in [0.1, 0.15) is 16.8 Å². The number of anilines is 5. The molecule has 388 valence electrons. The normalized spacial score (nSPS) is 18.6. The van der Waals surface area contributed by atoms with Crippen molar-refractivity contribution in [2.75, 3.05) is 9.71 Å². The Bertz CT molecular complexity index is 4230. The van der Waals surface area contributed by atoms with Crippen molar-refractivity contribution in [3.63, 3.8) is 0 Å². The van der Waals surface area contributed by atoms with Gasteiger partial charge >= 0.3 is 6.85 Å². The molecule has 0 fully saturated rings. The Morgan fingerprint density at radius 3 is 1.74 bits per heavy atom. The van der Waals surface area contributed by atoms with Gasteiger partial charge in [-0.1, -0.05) is 169 Å². The fourth-order valence-corrected chi connectivity index (χ4v) is 15.2. The first-order valence-electron chi connectivity index (χ1n) is 28.9. The lowest BCUT2D eigenvalue weighted by atomic mass is 9.45. The maximum Gasteiger partial charge on any atom is 0.376 e. The zero-order valence-electron chi connectivity index (χ0n) is 48.0. The van der Waals surface area contributed by atoms with Crippen molar-refractivity contribution < 1.29 is 8.83 Å². The number of nitrogens with zero attached hydrogens (tertiary/aromatic N) is 2. The van der Waals surface area contributed by atoms with E-state index in [1.165, 1.54) is 90.8 Å². The van der Waals surface area contributed by atoms with Gasteiger partial charge in [0.25, 0.3) is 0 Å². The number of hydrogen-bond acceptors (Lipinski definition) is 4. The van der Waals surface area contributed by atoms with Crippen LogP contribution < -0.4 is 20.8 Å². The zero-order valence-corrected chi connectivity index (χ0v) is 48.0. The summed E-state index contributed by atoms with van der Waals surface area (Å²) in [5.41, 5.74) is 27.8. The Morgan fingerprint density at radius 1 is 0.436 bits per heavy atom. The molecule has 0 spiro atoms. The Morgan fingerprint density at radius 2 is 1.04 bits per heavy atom. The molecule has 5 aliphatic rings. The maximum absolute atomic E-state index is 7.65. The highest BCUT2D eigenvalue weighted by Gasteiger charge is 2.52. The topological polar surface area (TPSA) is 32.8 Å². The molecule has 78 heavy (non-hydrogen) atoms. The van der Waals surface area contributed by atoms with Gasteiger partial charge in [0, 0.05) is 44.2 Å². The smallest absolute Gasteiger partial charge is 0.376 e. The van der Waals surface area contributed by atoms with Gasteiger partial charge in [0.05, 0.1) is 11.4 Å². The first-order valence-corrected chi connectivity index (χ1v) is 28.9. The van der Waals surface area contributed by atoms with Crippen LogP contribution in [-0.4, -0.2) is 6.85 Å². The lowest BCUT2D eigenvalue weighted by Crippen LogP contribution is -2.61. The van der Waals surface area contributed by atoms with Gasteiger partial charge in [0.2, 0.25) is 0 Å². The highest BCUT2D eigenvalue weighted by atomic mass is 16.3. The predicted molar refractivity (Wildman–Crippen MR) is 329 cm³/mol. The van der Waals surface area contributed by atoms with Crippen molar-refractivity contribution in [3.8, 4) is 33.4 Å². The van der Waals surface area contributed by atoms with E-state index in [0.29, 0.717) is 0 Å². The van der Waals surface area contributed by atoms with Crippen molar-refractivity contribution >= 4 is 79.3 Å². The molecule has 0 amide bonds. The van der Waals surface area contributed by atoms with E-state index in [2.05, 4.69) is 245 Å². The van der Waals surface area contributed by atoms with Crippen LogP contribution in [-0.2, 0) is 32.5 Å². The van der Waals surface area contributed by atoms with E-state index in [4.69, 9.17) is 8.83 Å². The molecule has 0 unspecified atom stereocenters. The molecule has 0 radical (unpaired) electrons. The van der Waals surface area contributed by atoms with Crippen LogP contribution in [0.1, 0.15) is 155 Å². The molecule has 0 bridgehead atoms. The quantitative estimate of drug-likeness (QED) is 0.165. The van der Waals surface area contributed by atoms with E-state index in [9.17, 15) is 0 Å². The average Bonchev–Trinajstić information content (AvgIpc) is 3.85. The van der Waals surface area contributed by atoms with Gasteiger partial charge < -0.3 is 18.5 Å². The second-order valence-corrected chi connectivity index (χ2v) is 28.2. The van der Waals surface area contributed by atoms with E-state index in [1.807, 2.05) is 0 Å². The minimum atomic E-state index is -0.355. The van der Waals surface area contributed by atoms with E-state index >= 15 is 0 Å². The molecule has 2 aliphatic heterocycles. The second-order valence-electron chi connectivity index (χ2n) is 28.2. The number of fused-ring (bicyclic) bond motifs is 15. The SMILES string of the molecule is CC(C)(C)c1ccc(N2B3c4oc5ccc(-c6ccccc6)cc5c4N(c4ccc5c(c4)C(C)(C)CCC5(C)C)c4c3c(cc3c4oc4ccccc43)-c3cc4c(cc32)C(C)(C)c2cc3c(cc2-4)C(C)(C)CCC3(C)C)cc1. The molecular weight excluding hydrogens is 948 g/mol. The third-order valence-corrected chi connectivity index (χ3v) is 20.1. The van der Waals surface area contributed by atoms with Crippen molar-refractivity contribution in [2.24, 2.45) is 0 Å². The Kier molecular flexibility index (Phi) is 9.54. The lowest BCUT2D eigenvalue weighted by molar-refractivity contribution is 0.331. The maximum atomic E-state index is 7.65. The summed E-state index contributed by atoms with van der Waals surface area (Å²) in [7, 11) is 0. The average molecular weight is 1020 g/mol. The van der Waals surface area contributed by atoms with Gasteiger partial charge in [0.15, 0.2) is 5.58 Å². The number of rotatable bonds is 3. The Balaban J connectivity index is 1.10. The van der Waals surface area contributed by atoms with Crippen LogP contribution in [0, 0.1) is 0 Å². The van der Waals surface area contributed by atoms with Crippen molar-refractivity contribution in [2.45, 2.75) is 148 Å². The van der Waals surface area contributed by atoms with Crippen LogP contribution >= 0.6 is 0 Å². The highest BCUT2D eigenvalue weighted by Crippen LogP contribution is 2.60. The predicted octanol–water partition coefficient (Wildman–Crippen LogP) is 19.0. The molecule has 4 heterocycles. The summed E-state index contributed by atoms with van der Waals surface area (Å²) >= 11 is 0. The van der Waals surface area contributed by atoms with Crippen LogP contribution in [0.25, 0.3) is 66.3 Å². The van der Waals surface area contributed by atoms with Crippen LogP contribution in [0.4, 0.5) is 28.4 Å². The number of furan rings is 2. The summed E-state index contributed by atoms with van der Waals surface area (Å²) in [6, 6.07) is 56.0. The molecule has 0 atom stereocenters. The van der Waals surface area contributed by atoms with Crippen molar-refractivity contribution in [1.29, 1.82) is 0 Å². The minimum absolute atomic E-state index is 0.0176. The first-order chi connectivity index (χ1) is 37.0. The molecule has 0 N–H and O–H groups in total. The number of hydrogen-bond donors (Lipinski definition) is 0. The second kappa shape index (κ2) is 15.5. The zero-order chi connectivity index (χ0) is 54.0. The molecule has 4 nitrogen and oxygen atoms in total. The summed E-state index contributed by atoms with van der Waals surface area (Å²) in [5.74, 6) is 0.